The van der Waals surface area contributed by atoms with E-state index in [0.717, 1.165) is 29.0 Å². The van der Waals surface area contributed by atoms with Gasteiger partial charge in [0.2, 0.25) is 11.7 Å². The maximum Gasteiger partial charge on any atom is 0.243 e. The van der Waals surface area contributed by atoms with Crippen LogP contribution in [0.25, 0.3) is 11.4 Å². The number of nitrogens with zero attached hydrogens (tertiary/aromatic N) is 3. The van der Waals surface area contributed by atoms with Crippen molar-refractivity contribution in [2.75, 3.05) is 13.7 Å². The fourth-order valence-corrected chi connectivity index (χ4v) is 2.74. The largest absolute Gasteiger partial charge is 0.497 e. The van der Waals surface area contributed by atoms with E-state index in [1.165, 1.54) is 0 Å². The maximum atomic E-state index is 8.58. The van der Waals surface area contributed by atoms with Crippen LogP contribution in [-0.4, -0.2) is 23.9 Å². The van der Waals surface area contributed by atoms with Crippen molar-refractivity contribution in [3.8, 4) is 29.0 Å². The summed E-state index contributed by atoms with van der Waals surface area (Å²) < 4.78 is 16.3. The molecule has 3 aromatic rings. The Morgan fingerprint density at radius 3 is 2.83 bits per heavy atom. The molecule has 29 heavy (non-hydrogen) atoms. The Labute approximate surface area is 170 Å². The van der Waals surface area contributed by atoms with Gasteiger partial charge in [0.1, 0.15) is 11.5 Å². The van der Waals surface area contributed by atoms with E-state index in [2.05, 4.69) is 21.5 Å². The van der Waals surface area contributed by atoms with E-state index in [1.807, 2.05) is 55.5 Å². The van der Waals surface area contributed by atoms with Crippen molar-refractivity contribution in [3.05, 3.63) is 60.0 Å². The summed E-state index contributed by atoms with van der Waals surface area (Å²) in [6.45, 7) is 3.15. The standard InChI is InChI=1S/C22H24N4O3/c1-16(22-25-21(26-29-22)18-8-6-9-19(14-18)27-2)24-15-17-7-5-10-20(13-17)28-12-4-3-11-23/h5-10,13-14,16,24H,3-4,12,15H2,1-2H3. The lowest BCUT2D eigenvalue weighted by molar-refractivity contribution is 0.312. The highest BCUT2D eigenvalue weighted by Gasteiger charge is 2.15. The second-order valence-electron chi connectivity index (χ2n) is 6.55. The zero-order chi connectivity index (χ0) is 20.5. The van der Waals surface area contributed by atoms with E-state index in [0.29, 0.717) is 31.3 Å². The minimum absolute atomic E-state index is 0.109. The number of unbranched alkanes of at least 4 members (excludes halogenated alkanes) is 1. The van der Waals surface area contributed by atoms with Gasteiger partial charge in [-0.05, 0) is 43.2 Å². The van der Waals surface area contributed by atoms with Gasteiger partial charge in [-0.3, -0.25) is 0 Å². The fourth-order valence-electron chi connectivity index (χ4n) is 2.74. The number of rotatable bonds is 10. The van der Waals surface area contributed by atoms with E-state index < -0.39 is 0 Å². The highest BCUT2D eigenvalue weighted by molar-refractivity contribution is 5.56. The molecule has 0 aliphatic heterocycles. The molecule has 0 fully saturated rings. The van der Waals surface area contributed by atoms with Gasteiger partial charge in [-0.1, -0.05) is 29.4 Å². The van der Waals surface area contributed by atoms with E-state index in [-0.39, 0.29) is 6.04 Å². The van der Waals surface area contributed by atoms with Crippen LogP contribution in [0.1, 0.15) is 37.3 Å². The molecule has 0 aliphatic rings. The van der Waals surface area contributed by atoms with Gasteiger partial charge in [0.05, 0.1) is 25.8 Å². The van der Waals surface area contributed by atoms with Crippen molar-refractivity contribution in [2.45, 2.75) is 32.4 Å². The van der Waals surface area contributed by atoms with E-state index in [4.69, 9.17) is 19.3 Å². The van der Waals surface area contributed by atoms with Gasteiger partial charge in [0.15, 0.2) is 0 Å². The molecule has 1 aromatic heterocycles. The lowest BCUT2D eigenvalue weighted by Crippen LogP contribution is -2.18. The van der Waals surface area contributed by atoms with Crippen LogP contribution in [0.2, 0.25) is 0 Å². The molecule has 7 heteroatoms. The molecule has 1 N–H and O–H groups in total. The summed E-state index contributed by atoms with van der Waals surface area (Å²) in [5, 5.41) is 16.0. The summed E-state index contributed by atoms with van der Waals surface area (Å²) in [7, 11) is 1.62. The number of benzene rings is 2. The summed E-state index contributed by atoms with van der Waals surface area (Å²) in [5.74, 6) is 2.59. The predicted molar refractivity (Wildman–Crippen MR) is 108 cm³/mol. The molecule has 2 aromatic carbocycles. The molecular formula is C22H24N4O3. The van der Waals surface area contributed by atoms with Crippen LogP contribution in [0.15, 0.2) is 53.1 Å². The SMILES string of the molecule is COc1cccc(-c2noc(C(C)NCc3cccc(OCCCC#N)c3)n2)c1. The van der Waals surface area contributed by atoms with Crippen LogP contribution in [0, 0.1) is 11.3 Å². The van der Waals surface area contributed by atoms with Crippen LogP contribution in [-0.2, 0) is 6.54 Å². The highest BCUT2D eigenvalue weighted by Crippen LogP contribution is 2.23. The van der Waals surface area contributed by atoms with E-state index in [1.54, 1.807) is 7.11 Å². The van der Waals surface area contributed by atoms with Gasteiger partial charge in [-0.25, -0.2) is 0 Å². The first-order valence-electron chi connectivity index (χ1n) is 9.49. The number of nitriles is 1. The fraction of sp³-hybridized carbons (Fsp3) is 0.318. The van der Waals surface area contributed by atoms with Crippen LogP contribution in [0.4, 0.5) is 0 Å². The molecule has 0 radical (unpaired) electrons. The third-order valence-electron chi connectivity index (χ3n) is 4.35. The summed E-state index contributed by atoms with van der Waals surface area (Å²) in [6, 6.07) is 17.4. The number of nitrogens with one attached hydrogen (secondary N) is 1. The smallest absolute Gasteiger partial charge is 0.243 e. The molecule has 1 heterocycles. The van der Waals surface area contributed by atoms with Crippen LogP contribution in [0.5, 0.6) is 11.5 Å². The van der Waals surface area contributed by atoms with Gasteiger partial charge in [0.25, 0.3) is 0 Å². The minimum atomic E-state index is -0.109. The molecule has 1 unspecified atom stereocenters. The number of ether oxygens (including phenoxy) is 2. The van der Waals surface area contributed by atoms with Gasteiger partial charge in [0, 0.05) is 18.5 Å². The van der Waals surface area contributed by atoms with Crippen LogP contribution < -0.4 is 14.8 Å². The molecule has 0 amide bonds. The van der Waals surface area contributed by atoms with Crippen molar-refractivity contribution in [1.29, 1.82) is 5.26 Å². The number of hydrogen-bond acceptors (Lipinski definition) is 7. The molecular weight excluding hydrogens is 368 g/mol. The predicted octanol–water partition coefficient (Wildman–Crippen LogP) is 4.28. The first kappa shape index (κ1) is 20.4. The number of methoxy groups -OCH3 is 1. The molecule has 0 saturated heterocycles. The molecule has 0 spiro atoms. The van der Waals surface area contributed by atoms with Crippen molar-refractivity contribution in [2.24, 2.45) is 0 Å². The average Bonchev–Trinajstić information content (AvgIpc) is 3.26. The average molecular weight is 392 g/mol. The topological polar surface area (TPSA) is 93.2 Å². The zero-order valence-electron chi connectivity index (χ0n) is 16.6. The van der Waals surface area contributed by atoms with Crippen LogP contribution >= 0.6 is 0 Å². The van der Waals surface area contributed by atoms with Gasteiger partial charge in [-0.2, -0.15) is 10.2 Å². The summed E-state index contributed by atoms with van der Waals surface area (Å²) >= 11 is 0. The summed E-state index contributed by atoms with van der Waals surface area (Å²) in [6.07, 6.45) is 1.23. The monoisotopic (exact) mass is 392 g/mol. The Balaban J connectivity index is 1.56. The van der Waals surface area contributed by atoms with Gasteiger partial charge < -0.3 is 19.3 Å². The first-order chi connectivity index (χ1) is 14.2. The van der Waals surface area contributed by atoms with Crippen molar-refractivity contribution in [1.82, 2.24) is 15.5 Å². The lowest BCUT2D eigenvalue weighted by Gasteiger charge is -2.11. The normalized spacial score (nSPS) is 11.6. The quantitative estimate of drug-likeness (QED) is 0.515. The lowest BCUT2D eigenvalue weighted by atomic mass is 10.2. The maximum absolute atomic E-state index is 8.58. The Morgan fingerprint density at radius 1 is 1.17 bits per heavy atom. The molecule has 0 aliphatic carbocycles. The van der Waals surface area contributed by atoms with Crippen LogP contribution in [0.3, 0.4) is 0 Å². The number of hydrogen-bond donors (Lipinski definition) is 1. The molecule has 0 bridgehead atoms. The summed E-state index contributed by atoms with van der Waals surface area (Å²) in [4.78, 5) is 4.50. The Bertz CT molecular complexity index is 964. The minimum Gasteiger partial charge on any atom is -0.497 e. The second kappa shape index (κ2) is 10.2. The first-order valence-corrected chi connectivity index (χ1v) is 9.49. The van der Waals surface area contributed by atoms with Crippen molar-refractivity contribution in [3.63, 3.8) is 0 Å². The Kier molecular flexibility index (Phi) is 7.20. The number of aromatic nitrogens is 2. The van der Waals surface area contributed by atoms with Crippen molar-refractivity contribution >= 4 is 0 Å². The second-order valence-corrected chi connectivity index (χ2v) is 6.55. The van der Waals surface area contributed by atoms with E-state index >= 15 is 0 Å². The van der Waals surface area contributed by atoms with E-state index in [9.17, 15) is 0 Å². The highest BCUT2D eigenvalue weighted by atomic mass is 16.5. The van der Waals surface area contributed by atoms with Gasteiger partial charge in [-0.15, -0.1) is 0 Å². The molecule has 1 atom stereocenters. The molecule has 7 nitrogen and oxygen atoms in total. The molecule has 3 rings (SSSR count). The van der Waals surface area contributed by atoms with Gasteiger partial charge >= 0.3 is 0 Å². The zero-order valence-corrected chi connectivity index (χ0v) is 16.6. The summed E-state index contributed by atoms with van der Waals surface area (Å²) in [5.41, 5.74) is 1.93. The Hall–Kier alpha value is -3.37. The molecule has 150 valence electrons. The van der Waals surface area contributed by atoms with Crippen molar-refractivity contribution < 1.29 is 14.0 Å². The third kappa shape index (κ3) is 5.80. The Morgan fingerprint density at radius 2 is 2.00 bits per heavy atom. The third-order valence-corrected chi connectivity index (χ3v) is 4.35. The molecule has 0 saturated carbocycles.